The number of amides is 1. The van der Waals surface area contributed by atoms with Gasteiger partial charge >= 0.3 is 5.97 Å². The third kappa shape index (κ3) is 7.24. The highest BCUT2D eigenvalue weighted by Gasteiger charge is 2.21. The molecular formula is C37H32N2O4. The van der Waals surface area contributed by atoms with Crippen molar-refractivity contribution in [2.75, 3.05) is 12.4 Å². The molecule has 1 atom stereocenters. The van der Waals surface area contributed by atoms with E-state index in [0.717, 1.165) is 22.3 Å². The largest absolute Gasteiger partial charge is 0.480 e. The predicted octanol–water partition coefficient (Wildman–Crippen LogP) is 6.96. The summed E-state index contributed by atoms with van der Waals surface area (Å²) < 4.78 is 0. The molecule has 1 amide bonds. The summed E-state index contributed by atoms with van der Waals surface area (Å²) in [5, 5.41) is 13.1. The van der Waals surface area contributed by atoms with E-state index in [1.165, 1.54) is 0 Å². The Morgan fingerprint density at radius 2 is 1.30 bits per heavy atom. The maximum absolute atomic E-state index is 13.1. The SMILES string of the molecule is CN(Cc1cccc(-c2ccc(CC(Nc3ccccc3C(=O)c3ccccc3)C(=O)O)cc2)c1)C(=O)c1ccccc1. The molecule has 2 N–H and O–H groups in total. The lowest BCUT2D eigenvalue weighted by atomic mass is 9.98. The summed E-state index contributed by atoms with van der Waals surface area (Å²) in [6.45, 7) is 0.472. The van der Waals surface area contributed by atoms with Gasteiger partial charge < -0.3 is 15.3 Å². The molecule has 0 spiro atoms. The van der Waals surface area contributed by atoms with Crippen molar-refractivity contribution in [3.8, 4) is 11.1 Å². The molecule has 43 heavy (non-hydrogen) atoms. The maximum atomic E-state index is 13.1. The lowest BCUT2D eigenvalue weighted by Crippen LogP contribution is -2.32. The van der Waals surface area contributed by atoms with Crippen molar-refractivity contribution in [1.29, 1.82) is 0 Å². The molecule has 6 heteroatoms. The molecule has 0 aliphatic rings. The number of aliphatic carboxylic acids is 1. The van der Waals surface area contributed by atoms with Gasteiger partial charge in [-0.15, -0.1) is 0 Å². The number of ketones is 1. The molecule has 5 aromatic rings. The van der Waals surface area contributed by atoms with Crippen LogP contribution < -0.4 is 5.32 Å². The normalized spacial score (nSPS) is 11.4. The summed E-state index contributed by atoms with van der Waals surface area (Å²) in [5.41, 5.74) is 5.94. The lowest BCUT2D eigenvalue weighted by Gasteiger charge is -2.19. The van der Waals surface area contributed by atoms with Crippen molar-refractivity contribution in [3.63, 3.8) is 0 Å². The van der Waals surface area contributed by atoms with Crippen molar-refractivity contribution in [2.24, 2.45) is 0 Å². The van der Waals surface area contributed by atoms with Gasteiger partial charge in [0.1, 0.15) is 6.04 Å². The van der Waals surface area contributed by atoms with E-state index in [-0.39, 0.29) is 18.1 Å². The van der Waals surface area contributed by atoms with E-state index in [2.05, 4.69) is 11.4 Å². The fourth-order valence-corrected chi connectivity index (χ4v) is 5.00. The minimum absolute atomic E-state index is 0.0380. The Hall–Kier alpha value is -5.49. The van der Waals surface area contributed by atoms with Gasteiger partial charge in [-0.1, -0.05) is 103 Å². The number of carboxylic acids is 1. The Kier molecular flexibility index (Phi) is 9.08. The van der Waals surface area contributed by atoms with E-state index < -0.39 is 12.0 Å². The van der Waals surface area contributed by atoms with Crippen LogP contribution in [0.2, 0.25) is 0 Å². The molecular weight excluding hydrogens is 536 g/mol. The zero-order valence-corrected chi connectivity index (χ0v) is 23.8. The molecule has 6 nitrogen and oxygen atoms in total. The smallest absolute Gasteiger partial charge is 0.326 e. The highest BCUT2D eigenvalue weighted by atomic mass is 16.4. The van der Waals surface area contributed by atoms with Crippen LogP contribution in [0.25, 0.3) is 11.1 Å². The number of anilines is 1. The van der Waals surface area contributed by atoms with Crippen LogP contribution in [-0.2, 0) is 17.8 Å². The highest BCUT2D eigenvalue weighted by Crippen LogP contribution is 2.24. The van der Waals surface area contributed by atoms with Gasteiger partial charge in [0.05, 0.1) is 0 Å². The highest BCUT2D eigenvalue weighted by molar-refractivity contribution is 6.12. The van der Waals surface area contributed by atoms with Crippen LogP contribution in [0.1, 0.15) is 37.4 Å². The van der Waals surface area contributed by atoms with E-state index in [4.69, 9.17) is 0 Å². The molecule has 0 saturated heterocycles. The summed E-state index contributed by atoms with van der Waals surface area (Å²) in [5.74, 6) is -1.22. The van der Waals surface area contributed by atoms with Gasteiger partial charge in [-0.2, -0.15) is 0 Å². The summed E-state index contributed by atoms with van der Waals surface area (Å²) in [4.78, 5) is 39.8. The minimum Gasteiger partial charge on any atom is -0.480 e. The molecule has 5 aromatic carbocycles. The third-order valence-corrected chi connectivity index (χ3v) is 7.28. The van der Waals surface area contributed by atoms with Crippen LogP contribution in [0, 0.1) is 0 Å². The second-order valence-corrected chi connectivity index (χ2v) is 10.4. The van der Waals surface area contributed by atoms with Crippen LogP contribution in [0.4, 0.5) is 5.69 Å². The number of rotatable bonds is 11. The van der Waals surface area contributed by atoms with Crippen molar-refractivity contribution in [3.05, 3.63) is 161 Å². The zero-order chi connectivity index (χ0) is 30.2. The van der Waals surface area contributed by atoms with Crippen molar-refractivity contribution < 1.29 is 19.5 Å². The molecule has 0 fully saturated rings. The monoisotopic (exact) mass is 568 g/mol. The van der Waals surface area contributed by atoms with Crippen LogP contribution in [-0.4, -0.2) is 40.8 Å². The van der Waals surface area contributed by atoms with Crippen molar-refractivity contribution >= 4 is 23.3 Å². The summed E-state index contributed by atoms with van der Waals surface area (Å²) in [7, 11) is 1.79. The molecule has 5 rings (SSSR count). The summed E-state index contributed by atoms with van der Waals surface area (Å²) in [6.07, 6.45) is 0.232. The molecule has 0 radical (unpaired) electrons. The van der Waals surface area contributed by atoms with E-state index in [1.54, 1.807) is 60.5 Å². The van der Waals surface area contributed by atoms with Gasteiger partial charge in [-0.3, -0.25) is 9.59 Å². The Balaban J connectivity index is 1.27. The van der Waals surface area contributed by atoms with Gasteiger partial charge in [0.15, 0.2) is 5.78 Å². The Morgan fingerprint density at radius 1 is 0.674 bits per heavy atom. The molecule has 0 aliphatic carbocycles. The third-order valence-electron chi connectivity index (χ3n) is 7.28. The topological polar surface area (TPSA) is 86.7 Å². The second kappa shape index (κ2) is 13.4. The van der Waals surface area contributed by atoms with E-state index in [0.29, 0.717) is 28.9 Å². The van der Waals surface area contributed by atoms with E-state index in [9.17, 15) is 19.5 Å². The quantitative estimate of drug-likeness (QED) is 0.168. The molecule has 214 valence electrons. The molecule has 0 saturated carbocycles. The van der Waals surface area contributed by atoms with E-state index >= 15 is 0 Å². The maximum Gasteiger partial charge on any atom is 0.326 e. The number of nitrogens with zero attached hydrogens (tertiary/aromatic N) is 1. The first-order valence-electron chi connectivity index (χ1n) is 14.1. The second-order valence-electron chi connectivity index (χ2n) is 10.4. The lowest BCUT2D eigenvalue weighted by molar-refractivity contribution is -0.137. The molecule has 0 aliphatic heterocycles. The number of para-hydroxylation sites is 1. The average Bonchev–Trinajstić information content (AvgIpc) is 3.05. The van der Waals surface area contributed by atoms with Crippen molar-refractivity contribution in [1.82, 2.24) is 4.90 Å². The first kappa shape index (κ1) is 29.0. The summed E-state index contributed by atoms with van der Waals surface area (Å²) in [6, 6.07) is 40.0. The first-order chi connectivity index (χ1) is 20.9. The number of carbonyl (C=O) groups is 3. The number of benzene rings is 5. The molecule has 1 unspecified atom stereocenters. The van der Waals surface area contributed by atoms with Crippen LogP contribution in [0.15, 0.2) is 133 Å². The molecule has 0 bridgehead atoms. The van der Waals surface area contributed by atoms with Gasteiger partial charge in [0, 0.05) is 42.4 Å². The fraction of sp³-hybridized carbons (Fsp3) is 0.108. The number of carbonyl (C=O) groups excluding carboxylic acids is 2. The minimum atomic E-state index is -1.01. The summed E-state index contributed by atoms with van der Waals surface area (Å²) >= 11 is 0. The number of carboxylic acid groups (broad SMARTS) is 1. The Morgan fingerprint density at radius 3 is 1.98 bits per heavy atom. The number of nitrogens with one attached hydrogen (secondary N) is 1. The van der Waals surface area contributed by atoms with Gasteiger partial charge in [-0.05, 0) is 52.6 Å². The zero-order valence-electron chi connectivity index (χ0n) is 23.8. The Bertz CT molecular complexity index is 1720. The van der Waals surface area contributed by atoms with Gasteiger partial charge in [0.25, 0.3) is 5.91 Å². The number of hydrogen-bond donors (Lipinski definition) is 2. The standard InChI is InChI=1S/C37H32N2O4/c1-39(36(41)30-14-6-3-7-15-30)25-27-11-10-16-31(23-27)28-21-19-26(20-22-28)24-34(37(42)43)38-33-18-9-8-17-32(33)35(40)29-12-4-2-5-13-29/h2-23,34,38H,24-25H2,1H3,(H,42,43). The molecule has 0 heterocycles. The van der Waals surface area contributed by atoms with Gasteiger partial charge in [0.2, 0.25) is 0 Å². The van der Waals surface area contributed by atoms with Crippen molar-refractivity contribution in [2.45, 2.75) is 19.0 Å². The molecule has 0 aromatic heterocycles. The van der Waals surface area contributed by atoms with Crippen LogP contribution in [0.3, 0.4) is 0 Å². The number of hydrogen-bond acceptors (Lipinski definition) is 4. The Labute approximate surface area is 251 Å². The average molecular weight is 569 g/mol. The van der Waals surface area contributed by atoms with Crippen LogP contribution >= 0.6 is 0 Å². The van der Waals surface area contributed by atoms with Gasteiger partial charge in [-0.25, -0.2) is 4.79 Å². The predicted molar refractivity (Wildman–Crippen MR) is 169 cm³/mol. The fourth-order valence-electron chi connectivity index (χ4n) is 5.00. The first-order valence-corrected chi connectivity index (χ1v) is 14.1. The van der Waals surface area contributed by atoms with E-state index in [1.807, 2.05) is 78.9 Å². The van der Waals surface area contributed by atoms with Crippen LogP contribution in [0.5, 0.6) is 0 Å².